The molecule has 0 amide bonds. The summed E-state index contributed by atoms with van der Waals surface area (Å²) in [7, 11) is 1.53. The molecule has 3 N–H and O–H groups in total. The summed E-state index contributed by atoms with van der Waals surface area (Å²) in [4.78, 5) is 0. The van der Waals surface area contributed by atoms with Gasteiger partial charge in [0, 0.05) is 20.0 Å². The predicted octanol–water partition coefficient (Wildman–Crippen LogP) is -0.630. The zero-order valence-corrected chi connectivity index (χ0v) is 12.0. The molecule has 2 fully saturated rings. The zero-order valence-electron chi connectivity index (χ0n) is 12.0. The largest absolute Gasteiger partial charge is 0.390 e. The van der Waals surface area contributed by atoms with Crippen LogP contribution in [0, 0.1) is 0 Å². The zero-order chi connectivity index (χ0) is 14.9. The fourth-order valence-corrected chi connectivity index (χ4v) is 2.60. The molecule has 2 aliphatic rings. The molecule has 0 aromatic carbocycles. The van der Waals surface area contributed by atoms with Gasteiger partial charge in [0.15, 0.2) is 12.6 Å². The lowest BCUT2D eigenvalue weighted by Gasteiger charge is -2.41. The Morgan fingerprint density at radius 3 is 2.10 bits per heavy atom. The van der Waals surface area contributed by atoms with Crippen molar-refractivity contribution in [2.45, 2.75) is 75.9 Å². The van der Waals surface area contributed by atoms with Gasteiger partial charge in [-0.1, -0.05) is 0 Å². The summed E-state index contributed by atoms with van der Waals surface area (Å²) >= 11 is 0. The van der Waals surface area contributed by atoms with Crippen molar-refractivity contribution in [1.29, 1.82) is 0 Å². The summed E-state index contributed by atoms with van der Waals surface area (Å²) in [5.74, 6) is 0. The Morgan fingerprint density at radius 2 is 1.50 bits per heavy atom. The van der Waals surface area contributed by atoms with Gasteiger partial charge in [-0.25, -0.2) is 0 Å². The SMILES string of the molecule is CO[C@H]1C[C@@H](O[C@H]2C[C@@H](O)[C@H](O)C(C)O2)[C@H](O)C(C)O1. The highest BCUT2D eigenvalue weighted by Gasteiger charge is 2.41. The average molecular weight is 292 g/mol. The van der Waals surface area contributed by atoms with Crippen LogP contribution in [0.2, 0.25) is 0 Å². The molecule has 0 radical (unpaired) electrons. The van der Waals surface area contributed by atoms with Crippen LogP contribution >= 0.6 is 0 Å². The lowest BCUT2D eigenvalue weighted by atomic mass is 10.0. The minimum Gasteiger partial charge on any atom is -0.390 e. The van der Waals surface area contributed by atoms with Crippen molar-refractivity contribution in [3.8, 4) is 0 Å². The molecule has 118 valence electrons. The number of hydrogen-bond donors (Lipinski definition) is 3. The molecule has 2 rings (SSSR count). The first-order valence-corrected chi connectivity index (χ1v) is 6.95. The van der Waals surface area contributed by atoms with E-state index < -0.39 is 49.2 Å². The molecule has 7 heteroatoms. The minimum atomic E-state index is -0.917. The number of aliphatic hydroxyl groups is 3. The Kier molecular flexibility index (Phi) is 5.36. The fraction of sp³-hybridized carbons (Fsp3) is 1.00. The first-order valence-electron chi connectivity index (χ1n) is 6.95. The van der Waals surface area contributed by atoms with Crippen LogP contribution in [-0.4, -0.2) is 71.6 Å². The molecule has 2 unspecified atom stereocenters. The van der Waals surface area contributed by atoms with Gasteiger partial charge in [-0.3, -0.25) is 0 Å². The van der Waals surface area contributed by atoms with Crippen LogP contribution in [0.3, 0.4) is 0 Å². The molecule has 0 spiro atoms. The van der Waals surface area contributed by atoms with Crippen LogP contribution in [0.1, 0.15) is 26.7 Å². The summed E-state index contributed by atoms with van der Waals surface area (Å²) < 4.78 is 21.8. The smallest absolute Gasteiger partial charge is 0.161 e. The van der Waals surface area contributed by atoms with E-state index in [1.165, 1.54) is 7.11 Å². The van der Waals surface area contributed by atoms with Crippen molar-refractivity contribution >= 4 is 0 Å². The topological polar surface area (TPSA) is 97.6 Å². The average Bonchev–Trinajstić information content (AvgIpc) is 2.40. The number of methoxy groups -OCH3 is 1. The highest BCUT2D eigenvalue weighted by atomic mass is 16.7. The predicted molar refractivity (Wildman–Crippen MR) is 67.8 cm³/mol. The Hall–Kier alpha value is -0.280. The van der Waals surface area contributed by atoms with E-state index in [1.807, 2.05) is 0 Å². The van der Waals surface area contributed by atoms with E-state index in [0.717, 1.165) is 0 Å². The molecule has 0 aromatic heterocycles. The van der Waals surface area contributed by atoms with Crippen molar-refractivity contribution in [3.05, 3.63) is 0 Å². The normalized spacial score (nSPS) is 50.1. The molecule has 0 bridgehead atoms. The van der Waals surface area contributed by atoms with E-state index in [4.69, 9.17) is 18.9 Å². The first-order chi connectivity index (χ1) is 9.42. The van der Waals surface area contributed by atoms with Gasteiger partial charge in [-0.2, -0.15) is 0 Å². The summed E-state index contributed by atoms with van der Waals surface area (Å²) in [6.07, 6.45) is -4.56. The molecule has 2 heterocycles. The van der Waals surface area contributed by atoms with Gasteiger partial charge < -0.3 is 34.3 Å². The third kappa shape index (κ3) is 3.48. The number of ether oxygens (including phenoxy) is 4. The third-order valence-electron chi connectivity index (χ3n) is 3.92. The van der Waals surface area contributed by atoms with Gasteiger partial charge in [-0.05, 0) is 13.8 Å². The Morgan fingerprint density at radius 1 is 0.900 bits per heavy atom. The minimum absolute atomic E-state index is 0.168. The van der Waals surface area contributed by atoms with Crippen LogP contribution in [0.25, 0.3) is 0 Å². The van der Waals surface area contributed by atoms with Crippen molar-refractivity contribution in [1.82, 2.24) is 0 Å². The van der Waals surface area contributed by atoms with Crippen LogP contribution in [0.4, 0.5) is 0 Å². The molecule has 0 aromatic rings. The summed E-state index contributed by atoms with van der Waals surface area (Å²) in [6.45, 7) is 3.42. The summed E-state index contributed by atoms with van der Waals surface area (Å²) in [6, 6.07) is 0. The molecule has 0 aliphatic carbocycles. The molecule has 0 saturated carbocycles. The summed E-state index contributed by atoms with van der Waals surface area (Å²) in [5, 5.41) is 29.5. The maximum Gasteiger partial charge on any atom is 0.161 e. The molecule has 7 nitrogen and oxygen atoms in total. The molecule has 2 aliphatic heterocycles. The number of rotatable bonds is 3. The molecule has 20 heavy (non-hydrogen) atoms. The fourth-order valence-electron chi connectivity index (χ4n) is 2.60. The monoisotopic (exact) mass is 292 g/mol. The number of aliphatic hydroxyl groups excluding tert-OH is 3. The maximum atomic E-state index is 10.1. The Bertz CT molecular complexity index is 301. The second kappa shape index (κ2) is 6.65. The molecule has 8 atom stereocenters. The van der Waals surface area contributed by atoms with Crippen molar-refractivity contribution in [3.63, 3.8) is 0 Å². The van der Waals surface area contributed by atoms with E-state index in [2.05, 4.69) is 0 Å². The standard InChI is InChI=1S/C13H24O7/c1-6-12(15)8(14)4-11(19-6)20-9-5-10(17-3)18-7(2)13(9)16/h6-16H,4-5H2,1-3H3/t6?,7?,8-,9-,10-,11+,12-,13-/m1/s1. The first kappa shape index (κ1) is 16.1. The number of hydrogen-bond acceptors (Lipinski definition) is 7. The van der Waals surface area contributed by atoms with Crippen LogP contribution in [0.5, 0.6) is 0 Å². The van der Waals surface area contributed by atoms with Crippen molar-refractivity contribution in [2.24, 2.45) is 0 Å². The van der Waals surface area contributed by atoms with Crippen LogP contribution in [0.15, 0.2) is 0 Å². The van der Waals surface area contributed by atoms with E-state index >= 15 is 0 Å². The Labute approximate surface area is 118 Å². The van der Waals surface area contributed by atoms with Crippen molar-refractivity contribution < 1.29 is 34.3 Å². The van der Waals surface area contributed by atoms with Gasteiger partial charge in [0.25, 0.3) is 0 Å². The third-order valence-corrected chi connectivity index (χ3v) is 3.92. The lowest BCUT2D eigenvalue weighted by Crippen LogP contribution is -2.53. The van der Waals surface area contributed by atoms with Gasteiger partial charge in [0.05, 0.1) is 24.4 Å². The molecular weight excluding hydrogens is 268 g/mol. The maximum absolute atomic E-state index is 10.1. The van der Waals surface area contributed by atoms with E-state index in [1.54, 1.807) is 13.8 Å². The van der Waals surface area contributed by atoms with E-state index in [0.29, 0.717) is 6.42 Å². The Balaban J connectivity index is 1.94. The highest BCUT2D eigenvalue weighted by Crippen LogP contribution is 2.28. The highest BCUT2D eigenvalue weighted by molar-refractivity contribution is 4.84. The lowest BCUT2D eigenvalue weighted by molar-refractivity contribution is -0.303. The van der Waals surface area contributed by atoms with E-state index in [-0.39, 0.29) is 6.42 Å². The van der Waals surface area contributed by atoms with Gasteiger partial charge >= 0.3 is 0 Å². The molecule has 2 saturated heterocycles. The van der Waals surface area contributed by atoms with Gasteiger partial charge in [0.1, 0.15) is 12.2 Å². The second-order valence-corrected chi connectivity index (χ2v) is 5.47. The van der Waals surface area contributed by atoms with Crippen LogP contribution < -0.4 is 0 Å². The second-order valence-electron chi connectivity index (χ2n) is 5.47. The van der Waals surface area contributed by atoms with Crippen LogP contribution in [-0.2, 0) is 18.9 Å². The quantitative estimate of drug-likeness (QED) is 0.637. The van der Waals surface area contributed by atoms with E-state index in [9.17, 15) is 15.3 Å². The van der Waals surface area contributed by atoms with Crippen molar-refractivity contribution in [2.75, 3.05) is 7.11 Å². The van der Waals surface area contributed by atoms with Gasteiger partial charge in [-0.15, -0.1) is 0 Å². The summed E-state index contributed by atoms with van der Waals surface area (Å²) in [5.41, 5.74) is 0. The molecular formula is C13H24O7. The van der Waals surface area contributed by atoms with Gasteiger partial charge in [0.2, 0.25) is 0 Å².